The molecule has 0 unspecified atom stereocenters. The highest BCUT2D eigenvalue weighted by Crippen LogP contribution is 2.06. The molecule has 0 heterocycles. The van der Waals surface area contributed by atoms with Gasteiger partial charge in [-0.25, -0.2) is 0 Å². The zero-order valence-corrected chi connectivity index (χ0v) is 9.43. The molecule has 17 heavy (non-hydrogen) atoms. The standard InChI is InChI=1S/C12H13N3O2/c1-8(16)15-11(12(14)17)6-9-2-4-10(7-13)5-3-9/h2-5,11H,6H2,1H3,(H2,14,17)(H,15,16)/t11-/m0/s1. The molecule has 0 bridgehead atoms. The lowest BCUT2D eigenvalue weighted by Gasteiger charge is -2.14. The van der Waals surface area contributed by atoms with E-state index >= 15 is 0 Å². The Morgan fingerprint density at radius 3 is 2.41 bits per heavy atom. The van der Waals surface area contributed by atoms with Crippen LogP contribution in [0.15, 0.2) is 24.3 Å². The van der Waals surface area contributed by atoms with Crippen LogP contribution >= 0.6 is 0 Å². The molecule has 0 aliphatic rings. The van der Waals surface area contributed by atoms with E-state index in [1.165, 1.54) is 6.92 Å². The van der Waals surface area contributed by atoms with E-state index < -0.39 is 11.9 Å². The molecule has 0 saturated heterocycles. The van der Waals surface area contributed by atoms with Crippen molar-refractivity contribution in [3.8, 4) is 6.07 Å². The quantitative estimate of drug-likeness (QED) is 0.768. The van der Waals surface area contributed by atoms with Gasteiger partial charge in [-0.15, -0.1) is 0 Å². The number of rotatable bonds is 4. The summed E-state index contributed by atoms with van der Waals surface area (Å²) in [6, 6.07) is 8.05. The first-order valence-electron chi connectivity index (χ1n) is 5.08. The average Bonchev–Trinajstić information content (AvgIpc) is 2.28. The molecule has 0 aromatic heterocycles. The number of hydrogen-bond acceptors (Lipinski definition) is 3. The summed E-state index contributed by atoms with van der Waals surface area (Å²) in [7, 11) is 0. The lowest BCUT2D eigenvalue weighted by molar-refractivity contribution is -0.126. The molecule has 0 saturated carbocycles. The van der Waals surface area contributed by atoms with Crippen LogP contribution in [-0.2, 0) is 16.0 Å². The van der Waals surface area contributed by atoms with Crippen LogP contribution in [0, 0.1) is 11.3 Å². The minimum Gasteiger partial charge on any atom is -0.368 e. The normalized spacial score (nSPS) is 11.3. The number of carbonyl (C=O) groups is 2. The maximum atomic E-state index is 11.1. The molecule has 0 spiro atoms. The SMILES string of the molecule is CC(=O)N[C@@H](Cc1ccc(C#N)cc1)C(N)=O. The number of amides is 2. The number of nitrogens with one attached hydrogen (secondary N) is 1. The molecule has 88 valence electrons. The highest BCUT2D eigenvalue weighted by atomic mass is 16.2. The smallest absolute Gasteiger partial charge is 0.240 e. The van der Waals surface area contributed by atoms with Gasteiger partial charge < -0.3 is 11.1 Å². The molecule has 0 fully saturated rings. The highest BCUT2D eigenvalue weighted by molar-refractivity contribution is 5.85. The second-order valence-corrected chi connectivity index (χ2v) is 3.67. The topological polar surface area (TPSA) is 96.0 Å². The summed E-state index contributed by atoms with van der Waals surface area (Å²) in [6.45, 7) is 1.33. The highest BCUT2D eigenvalue weighted by Gasteiger charge is 2.16. The molecule has 1 atom stereocenters. The van der Waals surface area contributed by atoms with Gasteiger partial charge in [0, 0.05) is 13.3 Å². The van der Waals surface area contributed by atoms with E-state index in [4.69, 9.17) is 11.0 Å². The van der Waals surface area contributed by atoms with Crippen LogP contribution in [0.4, 0.5) is 0 Å². The molecule has 1 aromatic rings. The summed E-state index contributed by atoms with van der Waals surface area (Å²) >= 11 is 0. The fraction of sp³-hybridized carbons (Fsp3) is 0.250. The largest absolute Gasteiger partial charge is 0.368 e. The van der Waals surface area contributed by atoms with Crippen molar-refractivity contribution in [2.75, 3.05) is 0 Å². The first-order chi connectivity index (χ1) is 8.02. The monoisotopic (exact) mass is 231 g/mol. The number of nitrogens with two attached hydrogens (primary N) is 1. The maximum absolute atomic E-state index is 11.1. The van der Waals surface area contributed by atoms with Crippen molar-refractivity contribution < 1.29 is 9.59 Å². The Morgan fingerprint density at radius 2 is 2.00 bits per heavy atom. The summed E-state index contributed by atoms with van der Waals surface area (Å²) in [5, 5.41) is 11.1. The van der Waals surface area contributed by atoms with Crippen LogP contribution in [0.25, 0.3) is 0 Å². The number of nitrogens with zero attached hydrogens (tertiary/aromatic N) is 1. The second-order valence-electron chi connectivity index (χ2n) is 3.67. The van der Waals surface area contributed by atoms with Crippen LogP contribution in [0.3, 0.4) is 0 Å². The van der Waals surface area contributed by atoms with Gasteiger partial charge in [-0.2, -0.15) is 5.26 Å². The summed E-state index contributed by atoms with van der Waals surface area (Å²) in [4.78, 5) is 22.0. The minimum atomic E-state index is -0.722. The maximum Gasteiger partial charge on any atom is 0.240 e. The third kappa shape index (κ3) is 3.95. The minimum absolute atomic E-state index is 0.303. The molecule has 1 aromatic carbocycles. The van der Waals surface area contributed by atoms with Gasteiger partial charge in [-0.3, -0.25) is 9.59 Å². The Morgan fingerprint density at radius 1 is 1.41 bits per heavy atom. The molecule has 2 amide bonds. The third-order valence-corrected chi connectivity index (χ3v) is 2.24. The van der Waals surface area contributed by atoms with E-state index in [9.17, 15) is 9.59 Å². The van der Waals surface area contributed by atoms with Crippen molar-refractivity contribution in [1.29, 1.82) is 5.26 Å². The van der Waals surface area contributed by atoms with Gasteiger partial charge in [0.25, 0.3) is 0 Å². The number of benzene rings is 1. The molecular weight excluding hydrogens is 218 g/mol. The number of primary amides is 1. The van der Waals surface area contributed by atoms with Crippen molar-refractivity contribution in [1.82, 2.24) is 5.32 Å². The van der Waals surface area contributed by atoms with Crippen molar-refractivity contribution in [3.63, 3.8) is 0 Å². The predicted octanol–water partition coefficient (Wildman–Crippen LogP) is 0.0908. The molecule has 5 heteroatoms. The third-order valence-electron chi connectivity index (χ3n) is 2.24. The summed E-state index contributed by atoms with van der Waals surface area (Å²) in [5.41, 5.74) is 6.56. The van der Waals surface area contributed by atoms with Crippen LogP contribution in [-0.4, -0.2) is 17.9 Å². The molecule has 0 aliphatic carbocycles. The lowest BCUT2D eigenvalue weighted by atomic mass is 10.0. The van der Waals surface area contributed by atoms with E-state index in [0.29, 0.717) is 12.0 Å². The molecule has 3 N–H and O–H groups in total. The van der Waals surface area contributed by atoms with E-state index in [2.05, 4.69) is 5.32 Å². The van der Waals surface area contributed by atoms with Gasteiger partial charge in [-0.05, 0) is 17.7 Å². The van der Waals surface area contributed by atoms with Crippen molar-refractivity contribution in [3.05, 3.63) is 35.4 Å². The van der Waals surface area contributed by atoms with Gasteiger partial charge in [0.15, 0.2) is 0 Å². The Kier molecular flexibility index (Phi) is 4.23. The first-order valence-corrected chi connectivity index (χ1v) is 5.08. The fourth-order valence-corrected chi connectivity index (χ4v) is 1.42. The Labute approximate surface area is 99.2 Å². The van der Waals surface area contributed by atoms with Crippen molar-refractivity contribution >= 4 is 11.8 Å². The number of nitriles is 1. The van der Waals surface area contributed by atoms with E-state index in [1.807, 2.05) is 6.07 Å². The Bertz CT molecular complexity index is 460. The molecular formula is C12H13N3O2. The average molecular weight is 231 g/mol. The summed E-state index contributed by atoms with van der Waals surface area (Å²) < 4.78 is 0. The molecule has 5 nitrogen and oxygen atoms in total. The number of hydrogen-bond donors (Lipinski definition) is 2. The van der Waals surface area contributed by atoms with Crippen molar-refractivity contribution in [2.24, 2.45) is 5.73 Å². The summed E-state index contributed by atoms with van der Waals surface area (Å²) in [6.07, 6.45) is 0.320. The summed E-state index contributed by atoms with van der Waals surface area (Å²) in [5.74, 6) is -0.882. The van der Waals surface area contributed by atoms with Crippen LogP contribution < -0.4 is 11.1 Å². The van der Waals surface area contributed by atoms with Gasteiger partial charge in [-0.1, -0.05) is 12.1 Å². The van der Waals surface area contributed by atoms with Gasteiger partial charge in [0.2, 0.25) is 11.8 Å². The molecule has 0 radical (unpaired) electrons. The number of carbonyl (C=O) groups excluding carboxylic acids is 2. The van der Waals surface area contributed by atoms with Gasteiger partial charge in [0.1, 0.15) is 6.04 Å². The predicted molar refractivity (Wildman–Crippen MR) is 61.7 cm³/mol. The van der Waals surface area contributed by atoms with Gasteiger partial charge in [0.05, 0.1) is 11.6 Å². The van der Waals surface area contributed by atoms with E-state index in [-0.39, 0.29) is 5.91 Å². The molecule has 1 rings (SSSR count). The lowest BCUT2D eigenvalue weighted by Crippen LogP contribution is -2.44. The zero-order chi connectivity index (χ0) is 12.8. The second kappa shape index (κ2) is 5.66. The fourth-order valence-electron chi connectivity index (χ4n) is 1.42. The van der Waals surface area contributed by atoms with E-state index in [0.717, 1.165) is 5.56 Å². The van der Waals surface area contributed by atoms with Gasteiger partial charge >= 0.3 is 0 Å². The Balaban J connectivity index is 2.75. The van der Waals surface area contributed by atoms with Crippen LogP contribution in [0.2, 0.25) is 0 Å². The van der Waals surface area contributed by atoms with Crippen LogP contribution in [0.1, 0.15) is 18.1 Å². The van der Waals surface area contributed by atoms with Crippen molar-refractivity contribution in [2.45, 2.75) is 19.4 Å². The van der Waals surface area contributed by atoms with Crippen LogP contribution in [0.5, 0.6) is 0 Å². The molecule has 0 aliphatic heterocycles. The zero-order valence-electron chi connectivity index (χ0n) is 9.43. The Hall–Kier alpha value is -2.35. The van der Waals surface area contributed by atoms with E-state index in [1.54, 1.807) is 24.3 Å². The first kappa shape index (κ1) is 12.7.